The highest BCUT2D eigenvalue weighted by Gasteiger charge is 2.47. The molecule has 2 aliphatic carbocycles. The molecule has 234 valence electrons. The van der Waals surface area contributed by atoms with E-state index in [9.17, 15) is 17.7 Å². The monoisotopic (exact) mass is 634 g/mol. The normalized spacial score (nSPS) is 20.4. The van der Waals surface area contributed by atoms with Gasteiger partial charge in [-0.2, -0.15) is 5.10 Å². The van der Waals surface area contributed by atoms with Gasteiger partial charge in [0.2, 0.25) is 0 Å². The van der Waals surface area contributed by atoms with Crippen LogP contribution in [0.1, 0.15) is 48.9 Å². The number of methoxy groups -OCH3 is 1. The van der Waals surface area contributed by atoms with E-state index in [0.29, 0.717) is 11.1 Å². The Labute approximate surface area is 259 Å². The molecule has 7 nitrogen and oxygen atoms in total. The summed E-state index contributed by atoms with van der Waals surface area (Å²) in [6.07, 6.45) is 0.659. The molecular formula is C34H34F3N4O3P. The Morgan fingerprint density at radius 2 is 1.71 bits per heavy atom. The lowest BCUT2D eigenvalue weighted by Gasteiger charge is -2.46. The van der Waals surface area contributed by atoms with Crippen LogP contribution in [0, 0.1) is 0 Å². The number of hydrogen-bond acceptors (Lipinski definition) is 5. The molecule has 5 aromatic rings. The molecule has 7 rings (SSSR count). The zero-order valence-electron chi connectivity index (χ0n) is 25.5. The van der Waals surface area contributed by atoms with Gasteiger partial charge in [0.15, 0.2) is 0 Å². The lowest BCUT2D eigenvalue weighted by Crippen LogP contribution is -2.44. The first-order valence-electron chi connectivity index (χ1n) is 15.0. The van der Waals surface area contributed by atoms with Crippen LogP contribution in [0.3, 0.4) is 0 Å². The number of fused-ring (bicyclic) bond motifs is 1. The van der Waals surface area contributed by atoms with Crippen LogP contribution in [0.15, 0.2) is 72.9 Å². The topological polar surface area (TPSA) is 71.2 Å². The lowest BCUT2D eigenvalue weighted by molar-refractivity contribution is -0.274. The number of nitrogens with zero attached hydrogens (tertiary/aromatic N) is 4. The second-order valence-corrected chi connectivity index (χ2v) is 15.8. The molecule has 45 heavy (non-hydrogen) atoms. The molecule has 0 N–H and O–H groups in total. The summed E-state index contributed by atoms with van der Waals surface area (Å²) in [7, 11) is 0.743. The molecule has 2 saturated carbocycles. The molecule has 2 fully saturated rings. The van der Waals surface area contributed by atoms with Gasteiger partial charge in [0.1, 0.15) is 18.7 Å². The third-order valence-corrected chi connectivity index (χ3v) is 10.7. The number of halogens is 3. The van der Waals surface area contributed by atoms with E-state index in [1.54, 1.807) is 13.2 Å². The average Bonchev–Trinajstić information content (AvgIpc) is 3.61. The number of ether oxygens (including phenoxy) is 2. The van der Waals surface area contributed by atoms with Crippen molar-refractivity contribution in [3.05, 3.63) is 84.2 Å². The summed E-state index contributed by atoms with van der Waals surface area (Å²) in [5, 5.41) is 6.17. The van der Waals surface area contributed by atoms with Crippen molar-refractivity contribution in [3.63, 3.8) is 0 Å². The van der Waals surface area contributed by atoms with Crippen molar-refractivity contribution >= 4 is 23.3 Å². The second kappa shape index (κ2) is 10.6. The summed E-state index contributed by atoms with van der Waals surface area (Å²) in [5.41, 5.74) is 4.38. The Morgan fingerprint density at radius 3 is 2.36 bits per heavy atom. The van der Waals surface area contributed by atoms with Crippen molar-refractivity contribution in [1.82, 2.24) is 19.3 Å². The van der Waals surface area contributed by atoms with E-state index < -0.39 is 19.3 Å². The van der Waals surface area contributed by atoms with Crippen molar-refractivity contribution in [3.8, 4) is 28.4 Å². The maximum Gasteiger partial charge on any atom is 0.573 e. The average molecular weight is 635 g/mol. The van der Waals surface area contributed by atoms with E-state index in [-0.39, 0.29) is 23.1 Å². The fourth-order valence-electron chi connectivity index (χ4n) is 6.62. The van der Waals surface area contributed by atoms with Gasteiger partial charge in [-0.25, -0.2) is 4.98 Å². The minimum Gasteiger partial charge on any atom is -0.405 e. The third kappa shape index (κ3) is 5.38. The Morgan fingerprint density at radius 1 is 0.978 bits per heavy atom. The number of hydrogen-bond donors (Lipinski definition) is 0. The highest BCUT2D eigenvalue weighted by Crippen LogP contribution is 2.52. The molecule has 0 radical (unpaired) electrons. The maximum atomic E-state index is 13.6. The molecule has 0 amide bonds. The molecular weight excluding hydrogens is 600 g/mol. The highest BCUT2D eigenvalue weighted by molar-refractivity contribution is 7.70. The van der Waals surface area contributed by atoms with Gasteiger partial charge in [0.05, 0.1) is 28.4 Å². The van der Waals surface area contributed by atoms with Crippen molar-refractivity contribution in [2.24, 2.45) is 7.05 Å². The first kappa shape index (κ1) is 29.8. The molecule has 3 aromatic carbocycles. The zero-order chi connectivity index (χ0) is 31.7. The Hall–Kier alpha value is -3.88. The molecule has 0 atom stereocenters. The Kier molecular flexibility index (Phi) is 7.02. The van der Waals surface area contributed by atoms with Crippen LogP contribution in [0.25, 0.3) is 33.5 Å². The van der Waals surface area contributed by atoms with E-state index >= 15 is 0 Å². The smallest absolute Gasteiger partial charge is 0.405 e. The first-order chi connectivity index (χ1) is 21.4. The van der Waals surface area contributed by atoms with Crippen LogP contribution in [-0.2, 0) is 22.0 Å². The molecule has 2 heterocycles. The van der Waals surface area contributed by atoms with Crippen molar-refractivity contribution < 1.29 is 27.2 Å². The van der Waals surface area contributed by atoms with Gasteiger partial charge in [0, 0.05) is 61.1 Å². The molecule has 2 aromatic heterocycles. The summed E-state index contributed by atoms with van der Waals surface area (Å²) in [5.74, 6) is 0.187. The van der Waals surface area contributed by atoms with Crippen LogP contribution in [-0.4, -0.2) is 46.1 Å². The van der Waals surface area contributed by atoms with Crippen LogP contribution in [0.5, 0.6) is 5.75 Å². The highest BCUT2D eigenvalue weighted by atomic mass is 31.2. The van der Waals surface area contributed by atoms with Gasteiger partial charge in [-0.05, 0) is 49.9 Å². The lowest BCUT2D eigenvalue weighted by atomic mass is 9.71. The number of rotatable bonds is 8. The fraction of sp³-hybridized carbons (Fsp3) is 0.353. The molecule has 0 spiro atoms. The molecule has 0 saturated heterocycles. The van der Waals surface area contributed by atoms with Gasteiger partial charge in [-0.1, -0.05) is 48.5 Å². The predicted molar refractivity (Wildman–Crippen MR) is 169 cm³/mol. The predicted octanol–water partition coefficient (Wildman–Crippen LogP) is 8.00. The van der Waals surface area contributed by atoms with E-state index in [1.165, 1.54) is 25.5 Å². The minimum absolute atomic E-state index is 0.154. The summed E-state index contributed by atoms with van der Waals surface area (Å²) in [6.45, 7) is 3.04. The first-order valence-corrected chi connectivity index (χ1v) is 17.6. The fourth-order valence-corrected chi connectivity index (χ4v) is 7.48. The van der Waals surface area contributed by atoms with Crippen LogP contribution >= 0.6 is 7.14 Å². The maximum absolute atomic E-state index is 13.6. The molecule has 2 aliphatic rings. The molecule has 0 aliphatic heterocycles. The van der Waals surface area contributed by atoms with E-state index in [0.717, 1.165) is 59.1 Å². The molecule has 11 heteroatoms. The summed E-state index contributed by atoms with van der Waals surface area (Å²) in [6, 6.07) is 20.7. The molecule has 0 unspecified atom stereocenters. The van der Waals surface area contributed by atoms with Gasteiger partial charge in [-0.15, -0.1) is 13.2 Å². The summed E-state index contributed by atoms with van der Waals surface area (Å²) < 4.78 is 67.8. The van der Waals surface area contributed by atoms with E-state index in [4.69, 9.17) is 14.8 Å². The van der Waals surface area contributed by atoms with E-state index in [1.807, 2.05) is 52.7 Å². The largest absolute Gasteiger partial charge is 0.573 e. The van der Waals surface area contributed by atoms with Gasteiger partial charge in [0.25, 0.3) is 0 Å². The number of imidazole rings is 1. The van der Waals surface area contributed by atoms with Crippen molar-refractivity contribution in [2.45, 2.75) is 49.6 Å². The standard InChI is InChI=1S/C34H34F3N4O3P/c1-40-31(21-13-14-21)30(38-32(40)26-16-15-24(45(3,4)42)17-29(26)44-34(35,36)37)25-11-8-12-28-27(25)20-41(39-28)23-18-33(19-23,43-2)22-9-6-5-7-10-22/h5-12,15-17,20-21,23H,13-14,18-19H2,1-4H3. The minimum atomic E-state index is -4.92. The Balaban J connectivity index is 1.30. The number of alkyl halides is 3. The third-order valence-electron chi connectivity index (χ3n) is 9.18. The zero-order valence-corrected chi connectivity index (χ0v) is 26.4. The second-order valence-electron chi connectivity index (χ2n) is 12.6. The quantitative estimate of drug-likeness (QED) is 0.162. The number of aromatic nitrogens is 4. The Bertz CT molecular complexity index is 1950. The van der Waals surface area contributed by atoms with E-state index in [2.05, 4.69) is 23.1 Å². The molecule has 0 bridgehead atoms. The van der Waals surface area contributed by atoms with Crippen LogP contribution < -0.4 is 10.0 Å². The van der Waals surface area contributed by atoms with Crippen LogP contribution in [0.2, 0.25) is 0 Å². The summed E-state index contributed by atoms with van der Waals surface area (Å²) in [4.78, 5) is 5.00. The SMILES string of the molecule is COC1(c2ccccc2)CC(n2cc3c(-c4nc(-c5ccc(P(C)(C)=O)cc5OC(F)(F)F)n(C)c4C4CC4)cccc3n2)C1. The summed E-state index contributed by atoms with van der Waals surface area (Å²) >= 11 is 0. The van der Waals surface area contributed by atoms with Gasteiger partial charge >= 0.3 is 6.36 Å². The van der Waals surface area contributed by atoms with Crippen molar-refractivity contribution in [2.75, 3.05) is 20.4 Å². The van der Waals surface area contributed by atoms with Gasteiger partial charge in [-0.3, -0.25) is 4.68 Å². The number of benzene rings is 3. The van der Waals surface area contributed by atoms with Crippen molar-refractivity contribution in [1.29, 1.82) is 0 Å². The van der Waals surface area contributed by atoms with Gasteiger partial charge < -0.3 is 18.6 Å². The van der Waals surface area contributed by atoms with Crippen LogP contribution in [0.4, 0.5) is 13.2 Å².